The van der Waals surface area contributed by atoms with Gasteiger partial charge in [0.1, 0.15) is 5.82 Å². The third-order valence-corrected chi connectivity index (χ3v) is 5.75. The molecule has 8 heteroatoms. The molecule has 3 N–H and O–H groups in total. The number of fused-ring (bicyclic) bond motifs is 3. The summed E-state index contributed by atoms with van der Waals surface area (Å²) in [7, 11) is 0. The average Bonchev–Trinajstić information content (AvgIpc) is 2.75. The Morgan fingerprint density at radius 2 is 2.24 bits per heavy atom. The van der Waals surface area contributed by atoms with Crippen LogP contribution in [-0.4, -0.2) is 53.8 Å². The highest BCUT2D eigenvalue weighted by Crippen LogP contribution is 2.26. The number of aromatic nitrogens is 2. The number of aromatic amines is 1. The summed E-state index contributed by atoms with van der Waals surface area (Å²) in [4.78, 5) is 26.1. The van der Waals surface area contributed by atoms with E-state index in [-0.39, 0.29) is 17.5 Å². The topological polar surface area (TPSA) is 87.5 Å². The van der Waals surface area contributed by atoms with Crippen LogP contribution in [0.2, 0.25) is 0 Å². The number of nitrogen functional groups attached to an aromatic ring is 1. The molecule has 2 fully saturated rings. The van der Waals surface area contributed by atoms with Crippen molar-refractivity contribution < 1.29 is 4.74 Å². The minimum absolute atomic E-state index is 0.160. The number of thiophene rings is 1. The van der Waals surface area contributed by atoms with Gasteiger partial charge < -0.3 is 15.4 Å². The molecule has 25 heavy (non-hydrogen) atoms. The van der Waals surface area contributed by atoms with Crippen molar-refractivity contribution >= 4 is 23.1 Å². The second-order valence-corrected chi connectivity index (χ2v) is 8.28. The molecule has 0 amide bonds. The molecule has 2 aromatic heterocycles. The number of rotatable bonds is 3. The number of aryl methyl sites for hydroxylation is 1. The molecule has 2 bridgehead atoms. The molecule has 0 aliphatic carbocycles. The smallest absolute Gasteiger partial charge is 0.254 e. The summed E-state index contributed by atoms with van der Waals surface area (Å²) in [6, 6.07) is 6.09. The van der Waals surface area contributed by atoms with E-state index >= 15 is 0 Å². The highest BCUT2D eigenvalue weighted by atomic mass is 32.1. The predicted octanol–water partition coefficient (Wildman–Crippen LogP) is 1.06. The van der Waals surface area contributed by atoms with Gasteiger partial charge in [0.05, 0.1) is 19.3 Å². The van der Waals surface area contributed by atoms with Gasteiger partial charge in [-0.1, -0.05) is 0 Å². The monoisotopic (exact) mass is 361 g/mol. The van der Waals surface area contributed by atoms with Crippen LogP contribution in [0.4, 0.5) is 11.8 Å². The summed E-state index contributed by atoms with van der Waals surface area (Å²) >= 11 is 1.86. The van der Waals surface area contributed by atoms with Gasteiger partial charge in [0.25, 0.3) is 5.56 Å². The summed E-state index contributed by atoms with van der Waals surface area (Å²) in [5.41, 5.74) is 5.53. The predicted molar refractivity (Wildman–Crippen MR) is 99.0 cm³/mol. The van der Waals surface area contributed by atoms with E-state index in [0.717, 1.165) is 32.8 Å². The number of ether oxygens (including phenoxy) is 1. The zero-order chi connectivity index (χ0) is 17.4. The van der Waals surface area contributed by atoms with Crippen LogP contribution >= 0.6 is 11.3 Å². The summed E-state index contributed by atoms with van der Waals surface area (Å²) in [5.74, 6) is 1.19. The Morgan fingerprint density at radius 3 is 3.00 bits per heavy atom. The van der Waals surface area contributed by atoms with Crippen molar-refractivity contribution in [1.29, 1.82) is 0 Å². The van der Waals surface area contributed by atoms with Gasteiger partial charge in [-0.15, -0.1) is 11.3 Å². The zero-order valence-electron chi connectivity index (χ0n) is 14.3. The molecule has 2 atom stereocenters. The van der Waals surface area contributed by atoms with E-state index in [1.165, 1.54) is 15.8 Å². The van der Waals surface area contributed by atoms with Gasteiger partial charge in [0.15, 0.2) is 0 Å². The molecule has 0 unspecified atom stereocenters. The minimum atomic E-state index is -0.215. The van der Waals surface area contributed by atoms with Crippen LogP contribution in [0.15, 0.2) is 23.0 Å². The first-order valence-corrected chi connectivity index (χ1v) is 9.37. The number of nitrogens with two attached hydrogens (primary N) is 1. The number of anilines is 2. The maximum atomic E-state index is 11.8. The van der Waals surface area contributed by atoms with Gasteiger partial charge in [0, 0.05) is 47.9 Å². The lowest BCUT2D eigenvalue weighted by Gasteiger charge is -2.31. The Morgan fingerprint density at radius 1 is 1.36 bits per heavy atom. The number of nitrogens with zero attached hydrogens (tertiary/aromatic N) is 3. The lowest BCUT2D eigenvalue weighted by Crippen LogP contribution is -2.44. The molecule has 2 aliphatic heterocycles. The van der Waals surface area contributed by atoms with Crippen molar-refractivity contribution in [3.8, 4) is 0 Å². The standard InChI is InChI=1S/C17H23N5O2S/c1-11-2-3-14(25-11)8-21-5-12-6-22(13(7-21)10-24-9-12)15-4-16(23)20-17(18)19-15/h2-4,12-13H,5-10H2,1H3,(H3,18,19,20,23)/t12-,13-/m0/s1. The first-order valence-electron chi connectivity index (χ1n) is 8.56. The lowest BCUT2D eigenvalue weighted by molar-refractivity contribution is 0.0630. The summed E-state index contributed by atoms with van der Waals surface area (Å²) < 4.78 is 5.87. The van der Waals surface area contributed by atoms with Crippen molar-refractivity contribution in [1.82, 2.24) is 14.9 Å². The number of nitrogens with one attached hydrogen (secondary N) is 1. The zero-order valence-corrected chi connectivity index (χ0v) is 15.1. The van der Waals surface area contributed by atoms with Crippen LogP contribution < -0.4 is 16.2 Å². The van der Waals surface area contributed by atoms with Crippen LogP contribution in [0.1, 0.15) is 9.75 Å². The highest BCUT2D eigenvalue weighted by molar-refractivity contribution is 7.11. The third-order valence-electron chi connectivity index (χ3n) is 4.76. The second-order valence-electron chi connectivity index (χ2n) is 6.90. The van der Waals surface area contributed by atoms with Gasteiger partial charge in [-0.25, -0.2) is 0 Å². The lowest BCUT2D eigenvalue weighted by atomic mass is 10.1. The molecule has 2 aliphatic rings. The fraction of sp³-hybridized carbons (Fsp3) is 0.529. The molecular formula is C17H23N5O2S. The number of H-pyrrole nitrogens is 1. The molecule has 4 heterocycles. The normalized spacial score (nSPS) is 24.3. The maximum Gasteiger partial charge on any atom is 0.254 e. The molecule has 2 aromatic rings. The molecule has 0 saturated carbocycles. The van der Waals surface area contributed by atoms with Crippen LogP contribution in [0.5, 0.6) is 0 Å². The summed E-state index contributed by atoms with van der Waals surface area (Å²) in [6.07, 6.45) is 0. The first kappa shape index (κ1) is 16.6. The van der Waals surface area contributed by atoms with Crippen molar-refractivity contribution in [2.24, 2.45) is 5.92 Å². The third kappa shape index (κ3) is 3.70. The van der Waals surface area contributed by atoms with E-state index in [4.69, 9.17) is 10.5 Å². The SMILES string of the molecule is Cc1ccc(CN2C[C@@H]3COC[C@H](C2)N(c2cc(=O)[nH]c(N)n2)C3)s1. The molecule has 0 spiro atoms. The van der Waals surface area contributed by atoms with Gasteiger partial charge in [-0.05, 0) is 19.1 Å². The van der Waals surface area contributed by atoms with Gasteiger partial charge in [0.2, 0.25) is 5.95 Å². The maximum absolute atomic E-state index is 11.8. The Labute approximate surface area is 150 Å². The van der Waals surface area contributed by atoms with Gasteiger partial charge in [-0.3, -0.25) is 14.7 Å². The Kier molecular flexibility index (Phi) is 4.49. The van der Waals surface area contributed by atoms with Crippen molar-refractivity contribution in [2.75, 3.05) is 43.5 Å². The van der Waals surface area contributed by atoms with Crippen LogP contribution in [-0.2, 0) is 11.3 Å². The van der Waals surface area contributed by atoms with E-state index in [1.54, 1.807) is 0 Å². The molecule has 7 nitrogen and oxygen atoms in total. The summed E-state index contributed by atoms with van der Waals surface area (Å²) in [6.45, 7) is 7.20. The summed E-state index contributed by atoms with van der Waals surface area (Å²) in [5, 5.41) is 0. The first-order chi connectivity index (χ1) is 12.1. The Balaban J connectivity index is 1.58. The van der Waals surface area contributed by atoms with Crippen LogP contribution in [0.25, 0.3) is 0 Å². The van der Waals surface area contributed by atoms with E-state index in [1.807, 2.05) is 11.3 Å². The van der Waals surface area contributed by atoms with Crippen molar-refractivity contribution in [2.45, 2.75) is 19.5 Å². The van der Waals surface area contributed by atoms with Crippen LogP contribution in [0, 0.1) is 12.8 Å². The average molecular weight is 361 g/mol. The fourth-order valence-corrected chi connectivity index (χ4v) is 4.68. The molecule has 134 valence electrons. The van der Waals surface area contributed by atoms with Gasteiger partial charge in [-0.2, -0.15) is 4.98 Å². The fourth-order valence-electron chi connectivity index (χ4n) is 3.75. The van der Waals surface area contributed by atoms with E-state index in [9.17, 15) is 4.79 Å². The second kappa shape index (κ2) is 6.78. The minimum Gasteiger partial charge on any atom is -0.379 e. The largest absolute Gasteiger partial charge is 0.379 e. The van der Waals surface area contributed by atoms with Crippen LogP contribution in [0.3, 0.4) is 0 Å². The molecule has 2 saturated heterocycles. The van der Waals surface area contributed by atoms with Gasteiger partial charge >= 0.3 is 0 Å². The van der Waals surface area contributed by atoms with Crippen molar-refractivity contribution in [3.63, 3.8) is 0 Å². The van der Waals surface area contributed by atoms with E-state index in [2.05, 4.69) is 38.8 Å². The Bertz CT molecular complexity index is 804. The number of hydrogen-bond donors (Lipinski definition) is 2. The Hall–Kier alpha value is -1.90. The quantitative estimate of drug-likeness (QED) is 0.850. The molecule has 0 radical (unpaired) electrons. The van der Waals surface area contributed by atoms with E-state index < -0.39 is 0 Å². The number of hydrogen-bond acceptors (Lipinski definition) is 7. The molecule has 0 aromatic carbocycles. The van der Waals surface area contributed by atoms with Crippen molar-refractivity contribution in [3.05, 3.63) is 38.3 Å². The molecular weight excluding hydrogens is 338 g/mol. The van der Waals surface area contributed by atoms with E-state index in [0.29, 0.717) is 18.3 Å². The molecule has 4 rings (SSSR count). The highest BCUT2D eigenvalue weighted by Gasteiger charge is 2.34.